The smallest absolute Gasteiger partial charge is 0.240 e. The summed E-state index contributed by atoms with van der Waals surface area (Å²) in [6.45, 7) is 4.02. The van der Waals surface area contributed by atoms with E-state index in [0.717, 1.165) is 6.42 Å². The average Bonchev–Trinajstić information content (AvgIpc) is 2.21. The molecule has 1 heterocycles. The number of nitrogen functional groups attached to an aromatic ring is 1. The number of nitrogens with zero attached hydrogens (tertiary/aromatic N) is 1. The zero-order valence-electron chi connectivity index (χ0n) is 8.78. The molecule has 0 aromatic carbocycles. The summed E-state index contributed by atoms with van der Waals surface area (Å²) < 4.78 is 10.5. The van der Waals surface area contributed by atoms with E-state index in [1.807, 2.05) is 13.8 Å². The van der Waals surface area contributed by atoms with Crippen molar-refractivity contribution in [2.75, 3.05) is 12.8 Å². The van der Waals surface area contributed by atoms with Crippen LogP contribution in [0.15, 0.2) is 12.1 Å². The molecule has 0 fully saturated rings. The van der Waals surface area contributed by atoms with Crippen molar-refractivity contribution in [3.8, 4) is 11.8 Å². The lowest BCUT2D eigenvalue weighted by atomic mass is 10.3. The van der Waals surface area contributed by atoms with Crippen LogP contribution < -0.4 is 15.2 Å². The number of aromatic nitrogens is 1. The number of rotatable bonds is 4. The van der Waals surface area contributed by atoms with E-state index in [2.05, 4.69) is 4.98 Å². The van der Waals surface area contributed by atoms with Crippen molar-refractivity contribution in [1.82, 2.24) is 4.98 Å². The van der Waals surface area contributed by atoms with Gasteiger partial charge < -0.3 is 15.2 Å². The maximum atomic E-state index is 5.70. The van der Waals surface area contributed by atoms with E-state index in [9.17, 15) is 0 Å². The van der Waals surface area contributed by atoms with Crippen molar-refractivity contribution >= 4 is 5.69 Å². The first-order chi connectivity index (χ1) is 6.67. The summed E-state index contributed by atoms with van der Waals surface area (Å²) in [6, 6.07) is 3.43. The highest BCUT2D eigenvalue weighted by Crippen LogP contribution is 2.23. The summed E-state index contributed by atoms with van der Waals surface area (Å²) in [6.07, 6.45) is 1.02. The highest BCUT2D eigenvalue weighted by Gasteiger charge is 2.07. The van der Waals surface area contributed by atoms with Gasteiger partial charge in [0.2, 0.25) is 11.8 Å². The third-order valence-corrected chi connectivity index (χ3v) is 1.96. The summed E-state index contributed by atoms with van der Waals surface area (Å²) in [5.74, 6) is 0.955. The average molecular weight is 196 g/mol. The number of pyridine rings is 1. The zero-order valence-corrected chi connectivity index (χ0v) is 8.78. The molecular weight excluding hydrogens is 180 g/mol. The van der Waals surface area contributed by atoms with Gasteiger partial charge in [0.1, 0.15) is 0 Å². The van der Waals surface area contributed by atoms with Crippen LogP contribution in [0.4, 0.5) is 5.69 Å². The van der Waals surface area contributed by atoms with Crippen LogP contribution >= 0.6 is 0 Å². The van der Waals surface area contributed by atoms with Crippen LogP contribution in [-0.2, 0) is 0 Å². The molecule has 0 aliphatic heterocycles. The Labute approximate surface area is 84.0 Å². The van der Waals surface area contributed by atoms with E-state index in [-0.39, 0.29) is 6.10 Å². The Kier molecular flexibility index (Phi) is 3.56. The molecule has 1 aromatic heterocycles. The topological polar surface area (TPSA) is 57.4 Å². The molecule has 0 bridgehead atoms. The van der Waals surface area contributed by atoms with Gasteiger partial charge in [0.05, 0.1) is 18.9 Å². The Bertz CT molecular complexity index is 302. The van der Waals surface area contributed by atoms with Crippen molar-refractivity contribution < 1.29 is 9.47 Å². The SMILES string of the molecule is CCC(C)Oc1nc(OC)ccc1N. The van der Waals surface area contributed by atoms with Crippen LogP contribution in [-0.4, -0.2) is 18.2 Å². The molecule has 1 unspecified atom stereocenters. The number of anilines is 1. The van der Waals surface area contributed by atoms with Crippen LogP contribution in [0.5, 0.6) is 11.8 Å². The normalized spacial score (nSPS) is 12.2. The van der Waals surface area contributed by atoms with Crippen molar-refractivity contribution in [2.45, 2.75) is 26.4 Å². The Morgan fingerprint density at radius 1 is 1.50 bits per heavy atom. The van der Waals surface area contributed by atoms with Gasteiger partial charge in [-0.2, -0.15) is 4.98 Å². The molecule has 0 spiro atoms. The minimum Gasteiger partial charge on any atom is -0.481 e. The third-order valence-electron chi connectivity index (χ3n) is 1.96. The summed E-state index contributed by atoms with van der Waals surface area (Å²) >= 11 is 0. The second kappa shape index (κ2) is 4.69. The number of hydrogen-bond acceptors (Lipinski definition) is 4. The van der Waals surface area contributed by atoms with Gasteiger partial charge in [0.15, 0.2) is 0 Å². The molecule has 0 radical (unpaired) electrons. The van der Waals surface area contributed by atoms with E-state index in [1.54, 1.807) is 19.2 Å². The molecule has 0 amide bonds. The van der Waals surface area contributed by atoms with Crippen LogP contribution in [0, 0.1) is 0 Å². The first-order valence-electron chi connectivity index (χ1n) is 4.64. The Morgan fingerprint density at radius 2 is 2.21 bits per heavy atom. The van der Waals surface area contributed by atoms with Crippen LogP contribution in [0.1, 0.15) is 20.3 Å². The van der Waals surface area contributed by atoms with Crippen LogP contribution in [0.3, 0.4) is 0 Å². The monoisotopic (exact) mass is 196 g/mol. The molecule has 78 valence electrons. The molecule has 0 aliphatic rings. The zero-order chi connectivity index (χ0) is 10.6. The minimum absolute atomic E-state index is 0.108. The fourth-order valence-corrected chi connectivity index (χ4v) is 0.916. The van der Waals surface area contributed by atoms with Crippen LogP contribution in [0.25, 0.3) is 0 Å². The molecule has 4 heteroatoms. The molecule has 0 saturated heterocycles. The quantitative estimate of drug-likeness (QED) is 0.798. The Balaban J connectivity index is 2.83. The molecule has 1 rings (SSSR count). The van der Waals surface area contributed by atoms with Crippen molar-refractivity contribution in [3.63, 3.8) is 0 Å². The number of nitrogens with two attached hydrogens (primary N) is 1. The number of methoxy groups -OCH3 is 1. The van der Waals surface area contributed by atoms with Gasteiger partial charge in [-0.05, 0) is 19.4 Å². The predicted octanol–water partition coefficient (Wildman–Crippen LogP) is 1.85. The largest absolute Gasteiger partial charge is 0.481 e. The standard InChI is InChI=1S/C10H16N2O2/c1-4-7(2)14-10-8(11)5-6-9(12-10)13-3/h5-7H,4,11H2,1-3H3. The molecule has 0 aliphatic carbocycles. The molecule has 0 saturated carbocycles. The van der Waals surface area contributed by atoms with E-state index >= 15 is 0 Å². The molecule has 4 nitrogen and oxygen atoms in total. The second-order valence-electron chi connectivity index (χ2n) is 3.08. The maximum Gasteiger partial charge on any atom is 0.240 e. The van der Waals surface area contributed by atoms with E-state index in [0.29, 0.717) is 17.4 Å². The molecule has 2 N–H and O–H groups in total. The number of ether oxygens (including phenoxy) is 2. The predicted molar refractivity (Wildman–Crippen MR) is 55.6 cm³/mol. The van der Waals surface area contributed by atoms with Crippen molar-refractivity contribution in [1.29, 1.82) is 0 Å². The Morgan fingerprint density at radius 3 is 2.79 bits per heavy atom. The highest BCUT2D eigenvalue weighted by molar-refractivity contribution is 5.49. The molecule has 1 aromatic rings. The lowest BCUT2D eigenvalue weighted by Crippen LogP contribution is -2.12. The lowest BCUT2D eigenvalue weighted by molar-refractivity contribution is 0.207. The summed E-state index contributed by atoms with van der Waals surface area (Å²) in [5, 5.41) is 0. The van der Waals surface area contributed by atoms with Crippen LogP contribution in [0.2, 0.25) is 0 Å². The lowest BCUT2D eigenvalue weighted by Gasteiger charge is -2.13. The van der Waals surface area contributed by atoms with Crippen molar-refractivity contribution in [3.05, 3.63) is 12.1 Å². The maximum absolute atomic E-state index is 5.70. The third kappa shape index (κ3) is 2.52. The summed E-state index contributed by atoms with van der Waals surface area (Å²) in [7, 11) is 1.56. The fraction of sp³-hybridized carbons (Fsp3) is 0.500. The summed E-state index contributed by atoms with van der Waals surface area (Å²) in [5.41, 5.74) is 6.24. The first kappa shape index (κ1) is 10.6. The van der Waals surface area contributed by atoms with Crippen molar-refractivity contribution in [2.24, 2.45) is 0 Å². The van der Waals surface area contributed by atoms with Gasteiger partial charge in [-0.15, -0.1) is 0 Å². The highest BCUT2D eigenvalue weighted by atomic mass is 16.5. The molecule has 1 atom stereocenters. The molecule has 14 heavy (non-hydrogen) atoms. The minimum atomic E-state index is 0.108. The summed E-state index contributed by atoms with van der Waals surface area (Å²) in [4.78, 5) is 4.11. The van der Waals surface area contributed by atoms with Gasteiger partial charge in [-0.3, -0.25) is 0 Å². The first-order valence-corrected chi connectivity index (χ1v) is 4.64. The van der Waals surface area contributed by atoms with Gasteiger partial charge >= 0.3 is 0 Å². The van der Waals surface area contributed by atoms with Gasteiger partial charge in [-0.25, -0.2) is 0 Å². The van der Waals surface area contributed by atoms with E-state index in [1.165, 1.54) is 0 Å². The van der Waals surface area contributed by atoms with Gasteiger partial charge in [0.25, 0.3) is 0 Å². The number of hydrogen-bond donors (Lipinski definition) is 1. The fourth-order valence-electron chi connectivity index (χ4n) is 0.916. The second-order valence-corrected chi connectivity index (χ2v) is 3.08. The van der Waals surface area contributed by atoms with Gasteiger partial charge in [0, 0.05) is 6.07 Å². The van der Waals surface area contributed by atoms with E-state index in [4.69, 9.17) is 15.2 Å². The molecular formula is C10H16N2O2. The Hall–Kier alpha value is -1.45. The van der Waals surface area contributed by atoms with Gasteiger partial charge in [-0.1, -0.05) is 6.92 Å². The van der Waals surface area contributed by atoms with E-state index < -0.39 is 0 Å².